The van der Waals surface area contributed by atoms with E-state index < -0.39 is 0 Å². The van der Waals surface area contributed by atoms with Crippen molar-refractivity contribution in [3.05, 3.63) is 66.2 Å². The Morgan fingerprint density at radius 2 is 1.57 bits per heavy atom. The number of hydrogen-bond acceptors (Lipinski definition) is 2. The molecule has 148 valence electrons. The van der Waals surface area contributed by atoms with E-state index in [1.54, 1.807) is 0 Å². The van der Waals surface area contributed by atoms with Crippen molar-refractivity contribution in [3.8, 4) is 0 Å². The number of anilines is 1. The molecular weight excluding hydrogens is 350 g/mol. The molecule has 0 radical (unpaired) electrons. The Morgan fingerprint density at radius 1 is 0.929 bits per heavy atom. The van der Waals surface area contributed by atoms with Crippen LogP contribution in [0.1, 0.15) is 24.8 Å². The van der Waals surface area contributed by atoms with E-state index in [1.165, 1.54) is 10.5 Å². The summed E-state index contributed by atoms with van der Waals surface area (Å²) in [7, 11) is 0. The third kappa shape index (κ3) is 6.50. The van der Waals surface area contributed by atoms with Crippen molar-refractivity contribution in [3.63, 3.8) is 0 Å². The molecule has 5 heteroatoms. The van der Waals surface area contributed by atoms with E-state index in [1.807, 2.05) is 48.5 Å². The van der Waals surface area contributed by atoms with Crippen LogP contribution in [0.15, 0.2) is 60.7 Å². The molecule has 1 saturated heterocycles. The predicted octanol–water partition coefficient (Wildman–Crippen LogP) is 1.67. The topological polar surface area (TPSA) is 62.6 Å². The summed E-state index contributed by atoms with van der Waals surface area (Å²) in [6.07, 6.45) is 3.59. The van der Waals surface area contributed by atoms with Crippen LogP contribution in [-0.2, 0) is 16.0 Å². The highest BCUT2D eigenvalue weighted by Crippen LogP contribution is 2.14. The van der Waals surface area contributed by atoms with Crippen molar-refractivity contribution in [1.82, 2.24) is 5.32 Å². The number of nitrogens with one attached hydrogen (secondary N) is 3. The summed E-state index contributed by atoms with van der Waals surface area (Å²) in [5.41, 5.74) is 2.15. The van der Waals surface area contributed by atoms with Crippen molar-refractivity contribution in [2.24, 2.45) is 5.92 Å². The molecule has 3 N–H and O–H groups in total. The van der Waals surface area contributed by atoms with Crippen LogP contribution in [0, 0.1) is 5.92 Å². The van der Waals surface area contributed by atoms with Crippen LogP contribution in [0.25, 0.3) is 0 Å². The van der Waals surface area contributed by atoms with Crippen molar-refractivity contribution in [1.29, 1.82) is 0 Å². The van der Waals surface area contributed by atoms with Gasteiger partial charge in [-0.2, -0.15) is 0 Å². The molecule has 2 aromatic rings. The molecule has 1 aliphatic heterocycles. The first kappa shape index (κ1) is 20.1. The van der Waals surface area contributed by atoms with Gasteiger partial charge >= 0.3 is 0 Å². The van der Waals surface area contributed by atoms with Gasteiger partial charge in [-0.05, 0) is 30.5 Å². The molecule has 2 aromatic carbocycles. The quantitative estimate of drug-likeness (QED) is 0.610. The molecule has 2 amide bonds. The summed E-state index contributed by atoms with van der Waals surface area (Å²) in [6.45, 7) is 2.94. The number of benzene rings is 2. The average Bonchev–Trinajstić information content (AvgIpc) is 2.73. The highest BCUT2D eigenvalue weighted by Gasteiger charge is 2.28. The van der Waals surface area contributed by atoms with Gasteiger partial charge in [0.05, 0.1) is 13.1 Å². The number of aryl methyl sites for hydroxylation is 1. The van der Waals surface area contributed by atoms with Gasteiger partial charge in [-0.15, -0.1) is 0 Å². The lowest BCUT2D eigenvalue weighted by atomic mass is 9.96. The van der Waals surface area contributed by atoms with E-state index in [-0.39, 0.29) is 17.7 Å². The van der Waals surface area contributed by atoms with Gasteiger partial charge in [0.15, 0.2) is 6.54 Å². The van der Waals surface area contributed by atoms with Gasteiger partial charge in [0.1, 0.15) is 0 Å². The second kappa shape index (κ2) is 10.6. The fourth-order valence-corrected chi connectivity index (χ4v) is 3.69. The third-order valence-electron chi connectivity index (χ3n) is 5.32. The largest absolute Gasteiger partial charge is 0.351 e. The lowest BCUT2D eigenvalue weighted by Crippen LogP contribution is -3.14. The SMILES string of the molecule is O=C(C[NH+]1CCC(C(=O)Nc2ccccc2)CC1)NCCCc1ccccc1. The van der Waals surface area contributed by atoms with Crippen LogP contribution in [0.2, 0.25) is 0 Å². The van der Waals surface area contributed by atoms with E-state index in [0.29, 0.717) is 13.1 Å². The minimum atomic E-state index is 0.0397. The normalized spacial score (nSPS) is 19.0. The minimum absolute atomic E-state index is 0.0397. The number of amides is 2. The smallest absolute Gasteiger partial charge is 0.275 e. The number of likely N-dealkylation sites (tertiary alicyclic amines) is 1. The molecule has 1 heterocycles. The highest BCUT2D eigenvalue weighted by molar-refractivity contribution is 5.92. The maximum Gasteiger partial charge on any atom is 0.275 e. The summed E-state index contributed by atoms with van der Waals surface area (Å²) in [4.78, 5) is 25.8. The van der Waals surface area contributed by atoms with Crippen molar-refractivity contribution < 1.29 is 14.5 Å². The van der Waals surface area contributed by atoms with Gasteiger partial charge in [-0.25, -0.2) is 0 Å². The zero-order chi connectivity index (χ0) is 19.6. The van der Waals surface area contributed by atoms with E-state index in [9.17, 15) is 9.59 Å². The molecular formula is C23H30N3O2+. The van der Waals surface area contributed by atoms with E-state index in [4.69, 9.17) is 0 Å². The van der Waals surface area contributed by atoms with E-state index in [2.05, 4.69) is 22.8 Å². The number of quaternary nitrogens is 1. The maximum atomic E-state index is 12.4. The number of carbonyl (C=O) groups excluding carboxylic acids is 2. The van der Waals surface area contributed by atoms with Crippen LogP contribution < -0.4 is 15.5 Å². The minimum Gasteiger partial charge on any atom is -0.351 e. The van der Waals surface area contributed by atoms with E-state index >= 15 is 0 Å². The Kier molecular flexibility index (Phi) is 7.62. The molecule has 1 aliphatic rings. The fourth-order valence-electron chi connectivity index (χ4n) is 3.69. The molecule has 0 spiro atoms. The van der Waals surface area contributed by atoms with Gasteiger partial charge in [0, 0.05) is 31.0 Å². The third-order valence-corrected chi connectivity index (χ3v) is 5.32. The number of hydrogen-bond donors (Lipinski definition) is 3. The van der Waals surface area contributed by atoms with E-state index in [0.717, 1.165) is 44.5 Å². The number of para-hydroxylation sites is 1. The van der Waals surface area contributed by atoms with Crippen molar-refractivity contribution >= 4 is 17.5 Å². The molecule has 28 heavy (non-hydrogen) atoms. The second-order valence-corrected chi connectivity index (χ2v) is 7.50. The first-order valence-corrected chi connectivity index (χ1v) is 10.2. The lowest BCUT2D eigenvalue weighted by molar-refractivity contribution is -0.897. The molecule has 0 aromatic heterocycles. The van der Waals surface area contributed by atoms with Crippen LogP contribution >= 0.6 is 0 Å². The molecule has 0 atom stereocenters. The molecule has 5 nitrogen and oxygen atoms in total. The summed E-state index contributed by atoms with van der Waals surface area (Å²) in [5.74, 6) is 0.240. The Balaban J connectivity index is 1.30. The Labute approximate surface area is 167 Å². The van der Waals surface area contributed by atoms with Crippen molar-refractivity contribution in [2.75, 3.05) is 31.5 Å². The van der Waals surface area contributed by atoms with Gasteiger partial charge in [-0.1, -0.05) is 48.5 Å². The zero-order valence-corrected chi connectivity index (χ0v) is 16.3. The molecule has 0 bridgehead atoms. The first-order valence-electron chi connectivity index (χ1n) is 10.2. The van der Waals surface area contributed by atoms with Crippen molar-refractivity contribution in [2.45, 2.75) is 25.7 Å². The number of carbonyl (C=O) groups is 2. The molecule has 0 unspecified atom stereocenters. The number of piperidine rings is 1. The average molecular weight is 381 g/mol. The first-order chi connectivity index (χ1) is 13.7. The Morgan fingerprint density at radius 3 is 2.25 bits per heavy atom. The van der Waals surface area contributed by atoms with Crippen LogP contribution in [0.3, 0.4) is 0 Å². The van der Waals surface area contributed by atoms with Crippen LogP contribution in [0.5, 0.6) is 0 Å². The Hall–Kier alpha value is -2.66. The number of rotatable bonds is 8. The molecule has 3 rings (SSSR count). The maximum absolute atomic E-state index is 12.4. The standard InChI is InChI=1S/C23H29N3O2/c27-22(24-15-7-10-19-8-3-1-4-9-19)18-26-16-13-20(14-17-26)23(28)25-21-11-5-2-6-12-21/h1-6,8-9,11-12,20H,7,10,13-18H2,(H,24,27)(H,25,28)/p+1. The summed E-state index contributed by atoms with van der Waals surface area (Å²) in [6, 6.07) is 19.9. The summed E-state index contributed by atoms with van der Waals surface area (Å²) < 4.78 is 0. The van der Waals surface area contributed by atoms with Gasteiger partial charge in [0.2, 0.25) is 5.91 Å². The zero-order valence-electron chi connectivity index (χ0n) is 16.3. The Bertz CT molecular complexity index is 741. The second-order valence-electron chi connectivity index (χ2n) is 7.50. The predicted molar refractivity (Wildman–Crippen MR) is 111 cm³/mol. The highest BCUT2D eigenvalue weighted by atomic mass is 16.2. The fraction of sp³-hybridized carbons (Fsp3) is 0.391. The van der Waals surface area contributed by atoms with Gasteiger partial charge < -0.3 is 15.5 Å². The lowest BCUT2D eigenvalue weighted by Gasteiger charge is -2.28. The summed E-state index contributed by atoms with van der Waals surface area (Å²) >= 11 is 0. The summed E-state index contributed by atoms with van der Waals surface area (Å²) in [5, 5.41) is 6.02. The van der Waals surface area contributed by atoms with Gasteiger partial charge in [0.25, 0.3) is 5.91 Å². The van der Waals surface area contributed by atoms with Crippen LogP contribution in [0.4, 0.5) is 5.69 Å². The van der Waals surface area contributed by atoms with Crippen LogP contribution in [-0.4, -0.2) is 38.0 Å². The van der Waals surface area contributed by atoms with Gasteiger partial charge in [-0.3, -0.25) is 9.59 Å². The molecule has 0 saturated carbocycles. The molecule has 1 fully saturated rings. The monoisotopic (exact) mass is 380 g/mol. The molecule has 0 aliphatic carbocycles.